The van der Waals surface area contributed by atoms with Crippen LogP contribution in [0.4, 0.5) is 18.9 Å². The Kier molecular flexibility index (Phi) is 4.56. The molecule has 1 amide bonds. The summed E-state index contributed by atoms with van der Waals surface area (Å²) in [5.74, 6) is -0.475. The number of aromatic nitrogens is 1. The highest BCUT2D eigenvalue weighted by Gasteiger charge is 2.47. The molecular weight excluding hydrogens is 353 g/mol. The minimum absolute atomic E-state index is 0.0234. The lowest BCUT2D eigenvalue weighted by atomic mass is 10.2. The second kappa shape index (κ2) is 6.15. The molecule has 2 rings (SSSR count). The molecule has 1 heterocycles. The molecule has 0 radical (unpaired) electrons. The predicted octanol–water partition coefficient (Wildman–Crippen LogP) is 2.54. The number of methoxy groups -OCH3 is 1. The molecule has 130 valence electrons. The average molecular weight is 364 g/mol. The zero-order chi connectivity index (χ0) is 18.1. The molecule has 0 unspecified atom stereocenters. The van der Waals surface area contributed by atoms with E-state index in [1.165, 1.54) is 13.2 Å². The Bertz CT molecular complexity index is 874. The molecule has 0 saturated carbocycles. The summed E-state index contributed by atoms with van der Waals surface area (Å²) in [6.07, 6.45) is 0. The van der Waals surface area contributed by atoms with Crippen LogP contribution in [0.25, 0.3) is 0 Å². The van der Waals surface area contributed by atoms with Gasteiger partial charge < -0.3 is 14.6 Å². The van der Waals surface area contributed by atoms with E-state index >= 15 is 0 Å². The lowest BCUT2D eigenvalue weighted by molar-refractivity contribution is -0.0436. The van der Waals surface area contributed by atoms with Gasteiger partial charge in [-0.1, -0.05) is 5.16 Å². The minimum atomic E-state index is -5.56. The molecular formula is C13H11F3N2O5S. The Hall–Kier alpha value is -2.56. The van der Waals surface area contributed by atoms with Gasteiger partial charge in [0.15, 0.2) is 5.69 Å². The van der Waals surface area contributed by atoms with Crippen molar-refractivity contribution in [1.82, 2.24) is 5.16 Å². The number of halogens is 3. The van der Waals surface area contributed by atoms with Crippen molar-refractivity contribution in [2.45, 2.75) is 17.3 Å². The van der Waals surface area contributed by atoms with Crippen molar-refractivity contribution in [3.8, 4) is 5.75 Å². The molecule has 1 aromatic heterocycles. The first-order valence-corrected chi connectivity index (χ1v) is 7.78. The molecule has 0 bridgehead atoms. The SMILES string of the molecule is COc1ccc(S(=O)(=O)C(F)(F)F)cc1NC(=O)c1cc(C)on1. The molecule has 7 nitrogen and oxygen atoms in total. The van der Waals surface area contributed by atoms with Crippen LogP contribution in [-0.4, -0.2) is 32.1 Å². The lowest BCUT2D eigenvalue weighted by Crippen LogP contribution is -2.23. The van der Waals surface area contributed by atoms with E-state index in [2.05, 4.69) is 10.5 Å². The van der Waals surface area contributed by atoms with Crippen LogP contribution >= 0.6 is 0 Å². The van der Waals surface area contributed by atoms with Gasteiger partial charge in [0.05, 0.1) is 17.7 Å². The number of hydrogen-bond donors (Lipinski definition) is 1. The van der Waals surface area contributed by atoms with Crippen LogP contribution in [0.2, 0.25) is 0 Å². The minimum Gasteiger partial charge on any atom is -0.495 e. The summed E-state index contributed by atoms with van der Waals surface area (Å²) in [7, 11) is -4.35. The Balaban J connectivity index is 2.42. The van der Waals surface area contributed by atoms with Gasteiger partial charge in [-0.05, 0) is 25.1 Å². The Morgan fingerprint density at radius 1 is 1.29 bits per heavy atom. The summed E-state index contributed by atoms with van der Waals surface area (Å²) in [6, 6.07) is 3.70. The predicted molar refractivity (Wildman–Crippen MR) is 75.4 cm³/mol. The monoisotopic (exact) mass is 364 g/mol. The molecule has 0 saturated heterocycles. The van der Waals surface area contributed by atoms with E-state index in [0.29, 0.717) is 11.8 Å². The van der Waals surface area contributed by atoms with Crippen LogP contribution < -0.4 is 10.1 Å². The number of benzene rings is 1. The number of nitrogens with one attached hydrogen (secondary N) is 1. The molecule has 24 heavy (non-hydrogen) atoms. The van der Waals surface area contributed by atoms with E-state index in [0.717, 1.165) is 12.1 Å². The number of amides is 1. The Labute approximate surface area is 134 Å². The van der Waals surface area contributed by atoms with Crippen molar-refractivity contribution in [2.75, 3.05) is 12.4 Å². The standard InChI is InChI=1S/C13H11F3N2O5S/c1-7-5-10(18-23-7)12(19)17-9-6-8(3-4-11(9)22-2)24(20,21)13(14,15)16/h3-6H,1-2H3,(H,17,19). The first-order chi connectivity index (χ1) is 11.1. The number of rotatable bonds is 4. The highest BCUT2D eigenvalue weighted by molar-refractivity contribution is 7.92. The molecule has 0 aliphatic heterocycles. The topological polar surface area (TPSA) is 98.5 Å². The van der Waals surface area contributed by atoms with Crippen LogP contribution in [0.1, 0.15) is 16.2 Å². The van der Waals surface area contributed by atoms with Crippen molar-refractivity contribution < 1.29 is 35.6 Å². The number of carbonyl (C=O) groups is 1. The molecule has 2 aromatic rings. The summed E-state index contributed by atoms with van der Waals surface area (Å²) < 4.78 is 70.4. The van der Waals surface area contributed by atoms with Crippen LogP contribution in [0, 0.1) is 6.92 Å². The first-order valence-electron chi connectivity index (χ1n) is 6.30. The summed E-state index contributed by atoms with van der Waals surface area (Å²) in [5, 5.41) is 5.69. The van der Waals surface area contributed by atoms with Crippen LogP contribution in [0.5, 0.6) is 5.75 Å². The molecule has 0 fully saturated rings. The van der Waals surface area contributed by atoms with Crippen LogP contribution in [0.15, 0.2) is 33.7 Å². The smallest absolute Gasteiger partial charge is 0.495 e. The first kappa shape index (κ1) is 17.8. The summed E-state index contributed by atoms with van der Waals surface area (Å²) in [4.78, 5) is 11.0. The van der Waals surface area contributed by atoms with Crippen LogP contribution in [0.3, 0.4) is 0 Å². The van der Waals surface area contributed by atoms with Crippen molar-refractivity contribution in [3.05, 3.63) is 35.7 Å². The third-order valence-corrected chi connectivity index (χ3v) is 4.38. The van der Waals surface area contributed by atoms with Gasteiger partial charge in [-0.2, -0.15) is 13.2 Å². The third kappa shape index (κ3) is 3.35. The van der Waals surface area contributed by atoms with E-state index in [1.807, 2.05) is 0 Å². The fourth-order valence-corrected chi connectivity index (χ4v) is 2.53. The van der Waals surface area contributed by atoms with E-state index in [-0.39, 0.29) is 17.1 Å². The molecule has 1 N–H and O–H groups in total. The number of ether oxygens (including phenoxy) is 1. The van der Waals surface area contributed by atoms with E-state index in [9.17, 15) is 26.4 Å². The molecule has 1 aromatic carbocycles. The number of carbonyl (C=O) groups excluding carboxylic acids is 1. The van der Waals surface area contributed by atoms with Crippen molar-refractivity contribution in [2.24, 2.45) is 0 Å². The lowest BCUT2D eigenvalue weighted by Gasteiger charge is -2.13. The number of sulfone groups is 1. The maximum atomic E-state index is 12.6. The van der Waals surface area contributed by atoms with E-state index in [4.69, 9.17) is 9.26 Å². The van der Waals surface area contributed by atoms with Gasteiger partial charge in [-0.15, -0.1) is 0 Å². The van der Waals surface area contributed by atoms with Gasteiger partial charge in [0.2, 0.25) is 0 Å². The number of alkyl halides is 3. The maximum Gasteiger partial charge on any atom is 0.501 e. The maximum absolute atomic E-state index is 12.6. The quantitative estimate of drug-likeness (QED) is 0.895. The van der Waals surface area contributed by atoms with Gasteiger partial charge in [-0.3, -0.25) is 4.79 Å². The fraction of sp³-hybridized carbons (Fsp3) is 0.231. The molecule has 0 aliphatic carbocycles. The number of nitrogens with zero attached hydrogens (tertiary/aromatic N) is 1. The van der Waals surface area contributed by atoms with Gasteiger partial charge >= 0.3 is 5.51 Å². The van der Waals surface area contributed by atoms with E-state index < -0.39 is 26.1 Å². The normalized spacial score (nSPS) is 12.0. The van der Waals surface area contributed by atoms with Crippen LogP contribution in [-0.2, 0) is 9.84 Å². The Morgan fingerprint density at radius 2 is 1.96 bits per heavy atom. The summed E-state index contributed by atoms with van der Waals surface area (Å²) >= 11 is 0. The summed E-state index contributed by atoms with van der Waals surface area (Å²) in [6.45, 7) is 1.54. The van der Waals surface area contributed by atoms with Gasteiger partial charge in [0.25, 0.3) is 15.7 Å². The van der Waals surface area contributed by atoms with Gasteiger partial charge in [0, 0.05) is 6.07 Å². The molecule has 0 atom stereocenters. The number of hydrogen-bond acceptors (Lipinski definition) is 6. The largest absolute Gasteiger partial charge is 0.501 e. The van der Waals surface area contributed by atoms with E-state index in [1.54, 1.807) is 6.92 Å². The number of aryl methyl sites for hydroxylation is 1. The van der Waals surface area contributed by atoms with Crippen molar-refractivity contribution >= 4 is 21.4 Å². The van der Waals surface area contributed by atoms with Gasteiger partial charge in [0.1, 0.15) is 11.5 Å². The highest BCUT2D eigenvalue weighted by Crippen LogP contribution is 2.34. The molecule has 0 spiro atoms. The number of anilines is 1. The average Bonchev–Trinajstić information content (AvgIpc) is 2.92. The van der Waals surface area contributed by atoms with Crippen molar-refractivity contribution in [1.29, 1.82) is 0 Å². The zero-order valence-corrected chi connectivity index (χ0v) is 13.2. The summed E-state index contributed by atoms with van der Waals surface area (Å²) in [5.41, 5.74) is -5.85. The van der Waals surface area contributed by atoms with Gasteiger partial charge in [-0.25, -0.2) is 8.42 Å². The van der Waals surface area contributed by atoms with Crippen molar-refractivity contribution in [3.63, 3.8) is 0 Å². The molecule has 11 heteroatoms. The highest BCUT2D eigenvalue weighted by atomic mass is 32.2. The second-order valence-corrected chi connectivity index (χ2v) is 6.53. The molecule has 0 aliphatic rings. The third-order valence-electron chi connectivity index (χ3n) is 2.89. The Morgan fingerprint density at radius 3 is 2.46 bits per heavy atom. The second-order valence-electron chi connectivity index (χ2n) is 4.59. The fourth-order valence-electron chi connectivity index (χ4n) is 1.75. The zero-order valence-electron chi connectivity index (χ0n) is 12.3.